The van der Waals surface area contributed by atoms with Gasteiger partial charge in [-0.2, -0.15) is 8.78 Å². The lowest BCUT2D eigenvalue weighted by atomic mass is 9.82. The summed E-state index contributed by atoms with van der Waals surface area (Å²) in [5.74, 6) is -0.314. The van der Waals surface area contributed by atoms with Crippen LogP contribution in [0.3, 0.4) is 0 Å². The van der Waals surface area contributed by atoms with Crippen molar-refractivity contribution in [3.05, 3.63) is 23.8 Å². The molecule has 5 nitrogen and oxygen atoms in total. The van der Waals surface area contributed by atoms with Crippen LogP contribution in [0.2, 0.25) is 0 Å². The second kappa shape index (κ2) is 8.67. The molecule has 130 valence electrons. The number of alkyl halides is 2. The monoisotopic (exact) mass is 331 g/mol. The zero-order chi connectivity index (χ0) is 17.5. The molecule has 0 amide bonds. The Balaban J connectivity index is 2.84. The first-order valence-electron chi connectivity index (χ1n) is 7.44. The van der Waals surface area contributed by atoms with Crippen molar-refractivity contribution in [1.82, 2.24) is 5.32 Å². The SMILES string of the molecule is CCC(CC)(CNCc1cc(OC)ccc1OC(F)F)C(=O)O. The molecular formula is C16H23F2NO4. The lowest BCUT2D eigenvalue weighted by Crippen LogP contribution is -2.40. The maximum atomic E-state index is 12.5. The van der Waals surface area contributed by atoms with Gasteiger partial charge in [0.15, 0.2) is 0 Å². The normalized spacial score (nSPS) is 11.6. The van der Waals surface area contributed by atoms with Gasteiger partial charge in [-0.05, 0) is 31.0 Å². The molecule has 0 aliphatic carbocycles. The highest BCUT2D eigenvalue weighted by atomic mass is 19.3. The van der Waals surface area contributed by atoms with E-state index >= 15 is 0 Å². The molecule has 0 heterocycles. The molecule has 7 heteroatoms. The second-order valence-electron chi connectivity index (χ2n) is 5.25. The summed E-state index contributed by atoms with van der Waals surface area (Å²) in [4.78, 5) is 11.5. The van der Waals surface area contributed by atoms with Crippen LogP contribution in [-0.2, 0) is 11.3 Å². The van der Waals surface area contributed by atoms with Crippen molar-refractivity contribution in [2.75, 3.05) is 13.7 Å². The number of ether oxygens (including phenoxy) is 2. The number of aliphatic carboxylic acids is 1. The quantitative estimate of drug-likeness (QED) is 0.689. The molecule has 1 aromatic rings. The summed E-state index contributed by atoms with van der Waals surface area (Å²) in [6.45, 7) is 1.15. The number of carbonyl (C=O) groups is 1. The molecule has 23 heavy (non-hydrogen) atoms. The zero-order valence-corrected chi connectivity index (χ0v) is 13.6. The van der Waals surface area contributed by atoms with Crippen molar-refractivity contribution in [2.24, 2.45) is 5.41 Å². The molecule has 2 N–H and O–H groups in total. The lowest BCUT2D eigenvalue weighted by Gasteiger charge is -2.27. The number of benzene rings is 1. The Morgan fingerprint density at radius 2 is 2.00 bits per heavy atom. The largest absolute Gasteiger partial charge is 0.497 e. The van der Waals surface area contributed by atoms with E-state index in [1.54, 1.807) is 6.07 Å². The minimum absolute atomic E-state index is 0.0437. The van der Waals surface area contributed by atoms with Gasteiger partial charge in [-0.1, -0.05) is 13.8 Å². The molecule has 0 aromatic heterocycles. The third-order valence-corrected chi connectivity index (χ3v) is 4.07. The minimum atomic E-state index is -2.92. The van der Waals surface area contributed by atoms with Gasteiger partial charge in [-0.25, -0.2) is 0 Å². The van der Waals surface area contributed by atoms with E-state index in [-0.39, 0.29) is 18.8 Å². The number of carboxylic acid groups (broad SMARTS) is 1. The molecule has 1 aromatic carbocycles. The zero-order valence-electron chi connectivity index (χ0n) is 13.6. The minimum Gasteiger partial charge on any atom is -0.497 e. The number of rotatable bonds is 10. The van der Waals surface area contributed by atoms with Gasteiger partial charge in [0.1, 0.15) is 11.5 Å². The molecule has 0 saturated heterocycles. The first kappa shape index (κ1) is 19.2. The van der Waals surface area contributed by atoms with Gasteiger partial charge in [-0.15, -0.1) is 0 Å². The number of carboxylic acids is 1. The highest BCUT2D eigenvalue weighted by molar-refractivity contribution is 5.74. The Bertz CT molecular complexity index is 519. The number of hydrogen-bond donors (Lipinski definition) is 2. The topological polar surface area (TPSA) is 67.8 Å². The summed E-state index contributed by atoms with van der Waals surface area (Å²) < 4.78 is 34.5. The summed E-state index contributed by atoms with van der Waals surface area (Å²) >= 11 is 0. The highest BCUT2D eigenvalue weighted by Crippen LogP contribution is 2.28. The summed E-state index contributed by atoms with van der Waals surface area (Å²) in [6.07, 6.45) is 0.953. The summed E-state index contributed by atoms with van der Waals surface area (Å²) in [7, 11) is 1.48. The molecule has 0 saturated carbocycles. The van der Waals surface area contributed by atoms with E-state index in [0.29, 0.717) is 24.2 Å². The summed E-state index contributed by atoms with van der Waals surface area (Å²) in [6, 6.07) is 4.53. The Labute approximate surface area is 134 Å². The predicted octanol–water partition coefficient (Wildman–Crippen LogP) is 3.28. The molecule has 0 atom stereocenters. The van der Waals surface area contributed by atoms with Gasteiger partial charge in [0.2, 0.25) is 0 Å². The van der Waals surface area contributed by atoms with Gasteiger partial charge in [0.05, 0.1) is 12.5 Å². The maximum absolute atomic E-state index is 12.5. The maximum Gasteiger partial charge on any atom is 0.387 e. The third kappa shape index (κ3) is 5.06. The van der Waals surface area contributed by atoms with Crippen molar-refractivity contribution in [2.45, 2.75) is 39.8 Å². The van der Waals surface area contributed by atoms with Crippen molar-refractivity contribution >= 4 is 5.97 Å². The van der Waals surface area contributed by atoms with Gasteiger partial charge >= 0.3 is 12.6 Å². The summed E-state index contributed by atoms with van der Waals surface area (Å²) in [5, 5.41) is 12.4. The van der Waals surface area contributed by atoms with E-state index in [1.165, 1.54) is 19.2 Å². The molecule has 0 fully saturated rings. The van der Waals surface area contributed by atoms with Crippen LogP contribution in [0.5, 0.6) is 11.5 Å². The number of methoxy groups -OCH3 is 1. The molecular weight excluding hydrogens is 308 g/mol. The van der Waals surface area contributed by atoms with E-state index in [1.807, 2.05) is 13.8 Å². The van der Waals surface area contributed by atoms with Crippen LogP contribution >= 0.6 is 0 Å². The molecule has 0 radical (unpaired) electrons. The standard InChI is InChI=1S/C16H23F2NO4/c1-4-16(5-2,14(20)21)10-19-9-11-8-12(22-3)6-7-13(11)23-15(17)18/h6-8,15,19H,4-5,9-10H2,1-3H3,(H,20,21). The Kier molecular flexibility index (Phi) is 7.22. The number of hydrogen-bond acceptors (Lipinski definition) is 4. The first-order valence-corrected chi connectivity index (χ1v) is 7.44. The molecule has 0 spiro atoms. The number of nitrogens with one attached hydrogen (secondary N) is 1. The van der Waals surface area contributed by atoms with Crippen LogP contribution in [0.1, 0.15) is 32.3 Å². The van der Waals surface area contributed by atoms with E-state index in [2.05, 4.69) is 10.1 Å². The van der Waals surface area contributed by atoms with Crippen molar-refractivity contribution in [3.8, 4) is 11.5 Å². The highest BCUT2D eigenvalue weighted by Gasteiger charge is 2.34. The van der Waals surface area contributed by atoms with Crippen LogP contribution in [0.15, 0.2) is 18.2 Å². The fourth-order valence-corrected chi connectivity index (χ4v) is 2.35. The predicted molar refractivity (Wildman–Crippen MR) is 82.0 cm³/mol. The molecule has 1 rings (SSSR count). The van der Waals surface area contributed by atoms with Gasteiger partial charge in [-0.3, -0.25) is 4.79 Å². The molecule has 0 aliphatic heterocycles. The Hall–Kier alpha value is -1.89. The van der Waals surface area contributed by atoms with E-state index in [9.17, 15) is 18.7 Å². The van der Waals surface area contributed by atoms with Crippen LogP contribution in [0, 0.1) is 5.41 Å². The lowest BCUT2D eigenvalue weighted by molar-refractivity contribution is -0.149. The van der Waals surface area contributed by atoms with Gasteiger partial charge in [0, 0.05) is 18.7 Å². The second-order valence-corrected chi connectivity index (χ2v) is 5.25. The van der Waals surface area contributed by atoms with E-state index in [4.69, 9.17) is 4.74 Å². The van der Waals surface area contributed by atoms with Crippen molar-refractivity contribution in [3.63, 3.8) is 0 Å². The van der Waals surface area contributed by atoms with E-state index < -0.39 is 18.0 Å². The smallest absolute Gasteiger partial charge is 0.387 e. The van der Waals surface area contributed by atoms with Gasteiger partial charge < -0.3 is 19.9 Å². The third-order valence-electron chi connectivity index (χ3n) is 4.07. The van der Waals surface area contributed by atoms with Gasteiger partial charge in [0.25, 0.3) is 0 Å². The van der Waals surface area contributed by atoms with Crippen LogP contribution in [0.25, 0.3) is 0 Å². The van der Waals surface area contributed by atoms with Crippen molar-refractivity contribution < 1.29 is 28.2 Å². The van der Waals surface area contributed by atoms with Crippen LogP contribution < -0.4 is 14.8 Å². The van der Waals surface area contributed by atoms with Crippen LogP contribution in [0.4, 0.5) is 8.78 Å². The fourth-order valence-electron chi connectivity index (χ4n) is 2.35. The molecule has 0 unspecified atom stereocenters. The molecule has 0 aliphatic rings. The Morgan fingerprint density at radius 1 is 1.35 bits per heavy atom. The summed E-state index contributed by atoms with van der Waals surface area (Å²) in [5.41, 5.74) is -0.390. The van der Waals surface area contributed by atoms with E-state index in [0.717, 1.165) is 0 Å². The number of halogens is 2. The van der Waals surface area contributed by atoms with Crippen molar-refractivity contribution in [1.29, 1.82) is 0 Å². The molecule has 0 bridgehead atoms. The fraction of sp³-hybridized carbons (Fsp3) is 0.562. The first-order chi connectivity index (χ1) is 10.9. The average molecular weight is 331 g/mol. The van der Waals surface area contributed by atoms with Crippen LogP contribution in [-0.4, -0.2) is 31.3 Å². The average Bonchev–Trinajstić information content (AvgIpc) is 2.52. The Morgan fingerprint density at radius 3 is 2.48 bits per heavy atom.